The Morgan fingerprint density at radius 3 is 2.38 bits per heavy atom. The second-order valence-corrected chi connectivity index (χ2v) is 5.80. The number of hydrogen-bond donors (Lipinski definition) is 0. The zero-order chi connectivity index (χ0) is 12.0. The van der Waals surface area contributed by atoms with Crippen molar-refractivity contribution >= 4 is 12.9 Å². The predicted molar refractivity (Wildman–Crippen MR) is 66.3 cm³/mol. The molecule has 0 aromatic heterocycles. The minimum absolute atomic E-state index is 0.688. The average molecular weight is 242 g/mol. The highest BCUT2D eigenvalue weighted by molar-refractivity contribution is 7.62. The lowest BCUT2D eigenvalue weighted by atomic mass is 10.1. The molecule has 16 heavy (non-hydrogen) atoms. The fourth-order valence-corrected chi connectivity index (χ4v) is 2.98. The Kier molecular flexibility index (Phi) is 5.20. The van der Waals surface area contributed by atoms with Crippen LogP contribution >= 0.6 is 7.60 Å². The fraction of sp³-hybridized carbons (Fsp3) is 0.500. The fourth-order valence-electron chi connectivity index (χ4n) is 1.63. The van der Waals surface area contributed by atoms with Gasteiger partial charge in [0.25, 0.3) is 0 Å². The summed E-state index contributed by atoms with van der Waals surface area (Å²) in [7, 11) is -0.276. The summed E-state index contributed by atoms with van der Waals surface area (Å²) < 4.78 is 22.3. The minimum atomic E-state index is -3.11. The molecule has 3 nitrogen and oxygen atoms in total. The van der Waals surface area contributed by atoms with Crippen molar-refractivity contribution < 1.29 is 13.6 Å². The van der Waals surface area contributed by atoms with Gasteiger partial charge in [0.2, 0.25) is 0 Å². The van der Waals surface area contributed by atoms with E-state index < -0.39 is 7.60 Å². The van der Waals surface area contributed by atoms with Gasteiger partial charge >= 0.3 is 7.60 Å². The van der Waals surface area contributed by atoms with Crippen LogP contribution in [0.5, 0.6) is 0 Å². The monoisotopic (exact) mass is 242 g/mol. The highest BCUT2D eigenvalue weighted by Crippen LogP contribution is 2.46. The third kappa shape index (κ3) is 2.94. The lowest BCUT2D eigenvalue weighted by Gasteiger charge is -2.17. The standard InChI is InChI=1S/C12H19O3P/c1-4-5-8-11-9-6-7-10-12(11)16(13,14-2)15-3/h6-7,9-10H,4-5,8H2,1-3H3. The molecule has 0 saturated carbocycles. The summed E-state index contributed by atoms with van der Waals surface area (Å²) in [5.41, 5.74) is 1.05. The Hall–Kier alpha value is -0.630. The van der Waals surface area contributed by atoms with Crippen molar-refractivity contribution in [3.8, 4) is 0 Å². The Labute approximate surface area is 97.3 Å². The maximum absolute atomic E-state index is 12.3. The molecule has 0 heterocycles. The highest BCUT2D eigenvalue weighted by atomic mass is 31.2. The summed E-state index contributed by atoms with van der Waals surface area (Å²) in [5.74, 6) is 0. The Balaban J connectivity index is 3.07. The van der Waals surface area contributed by atoms with E-state index in [-0.39, 0.29) is 0 Å². The lowest BCUT2D eigenvalue weighted by Crippen LogP contribution is -2.13. The van der Waals surface area contributed by atoms with Crippen molar-refractivity contribution in [2.75, 3.05) is 14.2 Å². The second-order valence-electron chi connectivity index (χ2n) is 3.59. The van der Waals surface area contributed by atoms with Crippen LogP contribution in [-0.4, -0.2) is 14.2 Å². The summed E-state index contributed by atoms with van der Waals surface area (Å²) >= 11 is 0. The maximum Gasteiger partial charge on any atom is 0.361 e. The SMILES string of the molecule is CCCCc1ccccc1P(=O)(OC)OC. The molecule has 4 heteroatoms. The topological polar surface area (TPSA) is 35.5 Å². The van der Waals surface area contributed by atoms with Crippen molar-refractivity contribution in [2.24, 2.45) is 0 Å². The molecule has 0 aliphatic rings. The number of hydrogen-bond acceptors (Lipinski definition) is 3. The van der Waals surface area contributed by atoms with Gasteiger partial charge in [0.05, 0.1) is 5.30 Å². The quantitative estimate of drug-likeness (QED) is 0.719. The maximum atomic E-state index is 12.3. The Morgan fingerprint density at radius 2 is 1.81 bits per heavy atom. The Bertz CT molecular complexity index is 368. The third-order valence-electron chi connectivity index (χ3n) is 2.57. The molecule has 0 N–H and O–H groups in total. The molecule has 0 fully saturated rings. The molecule has 0 aliphatic carbocycles. The van der Waals surface area contributed by atoms with Gasteiger partial charge in [0, 0.05) is 14.2 Å². The summed E-state index contributed by atoms with van der Waals surface area (Å²) in [6.07, 6.45) is 3.09. The summed E-state index contributed by atoms with van der Waals surface area (Å²) in [6, 6.07) is 7.61. The van der Waals surface area contributed by atoms with Crippen molar-refractivity contribution in [2.45, 2.75) is 26.2 Å². The number of benzene rings is 1. The van der Waals surface area contributed by atoms with E-state index in [4.69, 9.17) is 9.05 Å². The average Bonchev–Trinajstić information content (AvgIpc) is 2.35. The van der Waals surface area contributed by atoms with Gasteiger partial charge in [-0.15, -0.1) is 0 Å². The van der Waals surface area contributed by atoms with Gasteiger partial charge in [0.15, 0.2) is 0 Å². The largest absolute Gasteiger partial charge is 0.361 e. The molecule has 0 aliphatic heterocycles. The van der Waals surface area contributed by atoms with E-state index in [1.54, 1.807) is 0 Å². The molecule has 0 unspecified atom stereocenters. The van der Waals surface area contributed by atoms with Gasteiger partial charge in [0.1, 0.15) is 0 Å². The van der Waals surface area contributed by atoms with E-state index >= 15 is 0 Å². The van der Waals surface area contributed by atoms with Crippen molar-refractivity contribution in [1.29, 1.82) is 0 Å². The number of aryl methyl sites for hydroxylation is 1. The van der Waals surface area contributed by atoms with Crippen LogP contribution in [0.15, 0.2) is 24.3 Å². The van der Waals surface area contributed by atoms with Gasteiger partial charge in [-0.1, -0.05) is 31.5 Å². The van der Waals surface area contributed by atoms with E-state index in [2.05, 4.69) is 6.92 Å². The second kappa shape index (κ2) is 6.19. The molecule has 1 aromatic rings. The normalized spacial score (nSPS) is 11.7. The zero-order valence-corrected chi connectivity index (χ0v) is 11.0. The molecule has 1 aromatic carbocycles. The summed E-state index contributed by atoms with van der Waals surface area (Å²) in [5, 5.41) is 0.688. The summed E-state index contributed by atoms with van der Waals surface area (Å²) in [6.45, 7) is 2.13. The molecule has 0 spiro atoms. The van der Waals surface area contributed by atoms with Crippen LogP contribution in [0, 0.1) is 0 Å². The van der Waals surface area contributed by atoms with Crippen LogP contribution in [0.2, 0.25) is 0 Å². The zero-order valence-electron chi connectivity index (χ0n) is 10.1. The first-order valence-electron chi connectivity index (χ1n) is 5.48. The number of unbranched alkanes of at least 4 members (excludes halogenated alkanes) is 1. The van der Waals surface area contributed by atoms with E-state index in [0.29, 0.717) is 5.30 Å². The molecule has 1 rings (SSSR count). The minimum Gasteiger partial charge on any atom is -0.309 e. The Morgan fingerprint density at radius 1 is 1.19 bits per heavy atom. The van der Waals surface area contributed by atoms with Gasteiger partial charge < -0.3 is 9.05 Å². The lowest BCUT2D eigenvalue weighted by molar-refractivity contribution is 0.287. The van der Waals surface area contributed by atoms with Gasteiger partial charge in [-0.05, 0) is 24.5 Å². The van der Waals surface area contributed by atoms with Gasteiger partial charge in [-0.2, -0.15) is 0 Å². The predicted octanol–water partition coefficient (Wildman–Crippen LogP) is 3.14. The summed E-state index contributed by atoms with van der Waals surface area (Å²) in [4.78, 5) is 0. The van der Waals surface area contributed by atoms with Crippen LogP contribution < -0.4 is 5.30 Å². The first kappa shape index (κ1) is 13.4. The van der Waals surface area contributed by atoms with Crippen LogP contribution in [-0.2, 0) is 20.0 Å². The van der Waals surface area contributed by atoms with Gasteiger partial charge in [-0.3, -0.25) is 4.57 Å². The molecular weight excluding hydrogens is 223 g/mol. The highest BCUT2D eigenvalue weighted by Gasteiger charge is 2.26. The van der Waals surface area contributed by atoms with Crippen LogP contribution in [0.25, 0.3) is 0 Å². The van der Waals surface area contributed by atoms with E-state index in [0.717, 1.165) is 24.8 Å². The molecule has 90 valence electrons. The molecule has 0 amide bonds. The molecule has 0 saturated heterocycles. The van der Waals surface area contributed by atoms with Crippen LogP contribution in [0.4, 0.5) is 0 Å². The first-order valence-corrected chi connectivity index (χ1v) is 7.02. The molecule has 0 radical (unpaired) electrons. The van der Waals surface area contributed by atoms with Gasteiger partial charge in [-0.25, -0.2) is 0 Å². The number of rotatable bonds is 6. The van der Waals surface area contributed by atoms with Crippen molar-refractivity contribution in [3.05, 3.63) is 29.8 Å². The van der Waals surface area contributed by atoms with Crippen molar-refractivity contribution in [1.82, 2.24) is 0 Å². The van der Waals surface area contributed by atoms with E-state index in [1.807, 2.05) is 24.3 Å². The molecule has 0 atom stereocenters. The first-order chi connectivity index (χ1) is 7.68. The smallest absolute Gasteiger partial charge is 0.309 e. The van der Waals surface area contributed by atoms with Crippen LogP contribution in [0.3, 0.4) is 0 Å². The third-order valence-corrected chi connectivity index (χ3v) is 4.55. The molecular formula is C12H19O3P. The van der Waals surface area contributed by atoms with Crippen molar-refractivity contribution in [3.63, 3.8) is 0 Å². The molecule has 0 bridgehead atoms. The van der Waals surface area contributed by atoms with E-state index in [1.165, 1.54) is 14.2 Å². The van der Waals surface area contributed by atoms with E-state index in [9.17, 15) is 4.57 Å². The van der Waals surface area contributed by atoms with Crippen LogP contribution in [0.1, 0.15) is 25.3 Å².